The summed E-state index contributed by atoms with van der Waals surface area (Å²) >= 11 is 0. The molecule has 18 heavy (non-hydrogen) atoms. The summed E-state index contributed by atoms with van der Waals surface area (Å²) in [5.41, 5.74) is 7.57. The molecule has 0 spiro atoms. The summed E-state index contributed by atoms with van der Waals surface area (Å²) < 4.78 is 5.77. The molecule has 0 unspecified atom stereocenters. The van der Waals surface area contributed by atoms with E-state index in [4.69, 9.17) is 10.5 Å². The Morgan fingerprint density at radius 1 is 1.17 bits per heavy atom. The van der Waals surface area contributed by atoms with Crippen LogP contribution >= 0.6 is 0 Å². The molecule has 0 saturated heterocycles. The van der Waals surface area contributed by atoms with Crippen molar-refractivity contribution in [2.24, 2.45) is 11.7 Å². The average molecular weight is 243 g/mol. The molecule has 0 aliphatic heterocycles. The van der Waals surface area contributed by atoms with Crippen LogP contribution in [0.4, 0.5) is 0 Å². The van der Waals surface area contributed by atoms with Gasteiger partial charge in [-0.3, -0.25) is 0 Å². The standard InChI is InChI=1S/C16H21NO/c17-11-3-6-14-7-9-16(10-8-14)13-18-12-15-4-1-2-5-15/h7-10,15H,1-2,4-5,11-13,17H2. The van der Waals surface area contributed by atoms with Crippen LogP contribution in [0.5, 0.6) is 0 Å². The fourth-order valence-corrected chi connectivity index (χ4v) is 2.36. The Balaban J connectivity index is 1.75. The normalized spacial score (nSPS) is 15.4. The first kappa shape index (κ1) is 13.1. The van der Waals surface area contributed by atoms with Gasteiger partial charge in [0.05, 0.1) is 13.2 Å². The SMILES string of the molecule is NCC#Cc1ccc(COCC2CCCC2)cc1. The molecule has 0 amide bonds. The molecule has 1 saturated carbocycles. The highest BCUT2D eigenvalue weighted by Gasteiger charge is 2.14. The molecular weight excluding hydrogens is 222 g/mol. The quantitative estimate of drug-likeness (QED) is 0.825. The minimum Gasteiger partial charge on any atom is -0.376 e. The number of hydrogen-bond acceptors (Lipinski definition) is 2. The molecule has 2 heteroatoms. The van der Waals surface area contributed by atoms with Gasteiger partial charge in [0, 0.05) is 12.2 Å². The topological polar surface area (TPSA) is 35.2 Å². The monoisotopic (exact) mass is 243 g/mol. The third-order valence-electron chi connectivity index (χ3n) is 3.39. The zero-order valence-electron chi connectivity index (χ0n) is 10.8. The Labute approximate surface area is 110 Å². The molecule has 96 valence electrons. The van der Waals surface area contributed by atoms with Crippen LogP contribution < -0.4 is 5.73 Å². The summed E-state index contributed by atoms with van der Waals surface area (Å²) in [6.45, 7) is 2.03. The number of hydrogen-bond donors (Lipinski definition) is 1. The minimum atomic E-state index is 0.409. The predicted molar refractivity (Wildman–Crippen MR) is 74.0 cm³/mol. The van der Waals surface area contributed by atoms with Crippen molar-refractivity contribution in [1.82, 2.24) is 0 Å². The van der Waals surface area contributed by atoms with Crippen LogP contribution in [0.3, 0.4) is 0 Å². The van der Waals surface area contributed by atoms with Gasteiger partial charge in [-0.15, -0.1) is 0 Å². The lowest BCUT2D eigenvalue weighted by Gasteiger charge is -2.09. The van der Waals surface area contributed by atoms with Gasteiger partial charge in [-0.25, -0.2) is 0 Å². The van der Waals surface area contributed by atoms with Gasteiger partial charge in [-0.05, 0) is 36.5 Å². The third kappa shape index (κ3) is 4.18. The van der Waals surface area contributed by atoms with E-state index in [9.17, 15) is 0 Å². The second kappa shape index (κ2) is 7.20. The summed E-state index contributed by atoms with van der Waals surface area (Å²) in [7, 11) is 0. The predicted octanol–water partition coefficient (Wildman–Crippen LogP) is 2.70. The van der Waals surface area contributed by atoms with Gasteiger partial charge in [0.2, 0.25) is 0 Å². The van der Waals surface area contributed by atoms with Crippen LogP contribution in [0.15, 0.2) is 24.3 Å². The largest absolute Gasteiger partial charge is 0.376 e. The van der Waals surface area contributed by atoms with Crippen LogP contribution in [0.25, 0.3) is 0 Å². The molecule has 2 N–H and O–H groups in total. The smallest absolute Gasteiger partial charge is 0.0717 e. The molecule has 0 bridgehead atoms. The zero-order valence-corrected chi connectivity index (χ0v) is 10.8. The first-order valence-electron chi connectivity index (χ1n) is 6.74. The van der Waals surface area contributed by atoms with Crippen molar-refractivity contribution in [3.63, 3.8) is 0 Å². The van der Waals surface area contributed by atoms with E-state index in [0.29, 0.717) is 13.2 Å². The van der Waals surface area contributed by atoms with E-state index in [0.717, 1.165) is 18.1 Å². The lowest BCUT2D eigenvalue weighted by Crippen LogP contribution is -2.05. The van der Waals surface area contributed by atoms with Crippen molar-refractivity contribution in [2.45, 2.75) is 32.3 Å². The first-order valence-corrected chi connectivity index (χ1v) is 6.74. The summed E-state index contributed by atoms with van der Waals surface area (Å²) in [5, 5.41) is 0. The zero-order chi connectivity index (χ0) is 12.6. The van der Waals surface area contributed by atoms with E-state index in [1.807, 2.05) is 12.1 Å². The molecule has 2 rings (SSSR count). The molecule has 2 nitrogen and oxygen atoms in total. The molecule has 0 radical (unpaired) electrons. The Morgan fingerprint density at radius 3 is 2.56 bits per heavy atom. The summed E-state index contributed by atoms with van der Waals surface area (Å²) in [6, 6.07) is 8.21. The van der Waals surface area contributed by atoms with E-state index >= 15 is 0 Å². The van der Waals surface area contributed by atoms with E-state index in [1.54, 1.807) is 0 Å². The van der Waals surface area contributed by atoms with Crippen LogP contribution in [0, 0.1) is 17.8 Å². The number of benzene rings is 1. The van der Waals surface area contributed by atoms with Crippen molar-refractivity contribution < 1.29 is 4.74 Å². The van der Waals surface area contributed by atoms with Crippen LogP contribution in [0.2, 0.25) is 0 Å². The van der Waals surface area contributed by atoms with E-state index in [2.05, 4.69) is 24.0 Å². The van der Waals surface area contributed by atoms with E-state index in [-0.39, 0.29) is 0 Å². The Kier molecular flexibility index (Phi) is 5.26. The van der Waals surface area contributed by atoms with Gasteiger partial charge in [-0.2, -0.15) is 0 Å². The molecule has 1 fully saturated rings. The molecule has 1 aliphatic carbocycles. The maximum Gasteiger partial charge on any atom is 0.0717 e. The number of ether oxygens (including phenoxy) is 1. The molecule has 1 aromatic carbocycles. The maximum absolute atomic E-state index is 5.77. The van der Waals surface area contributed by atoms with E-state index < -0.39 is 0 Å². The van der Waals surface area contributed by atoms with Crippen LogP contribution in [0.1, 0.15) is 36.8 Å². The minimum absolute atomic E-state index is 0.409. The van der Waals surface area contributed by atoms with E-state index in [1.165, 1.54) is 31.2 Å². The summed E-state index contributed by atoms with van der Waals surface area (Å²) in [5.74, 6) is 6.66. The Hall–Kier alpha value is -1.30. The fourth-order valence-electron chi connectivity index (χ4n) is 2.36. The van der Waals surface area contributed by atoms with Crippen LogP contribution in [-0.4, -0.2) is 13.2 Å². The van der Waals surface area contributed by atoms with Gasteiger partial charge in [0.15, 0.2) is 0 Å². The first-order chi connectivity index (χ1) is 8.88. The van der Waals surface area contributed by atoms with Crippen molar-refractivity contribution in [3.05, 3.63) is 35.4 Å². The molecule has 0 heterocycles. The molecule has 1 aliphatic rings. The highest BCUT2D eigenvalue weighted by atomic mass is 16.5. The average Bonchev–Trinajstić information content (AvgIpc) is 2.91. The van der Waals surface area contributed by atoms with Gasteiger partial charge in [0.25, 0.3) is 0 Å². The molecule has 0 aromatic heterocycles. The van der Waals surface area contributed by atoms with Crippen molar-refractivity contribution in [2.75, 3.05) is 13.2 Å². The Bertz CT molecular complexity index is 407. The van der Waals surface area contributed by atoms with Crippen LogP contribution in [-0.2, 0) is 11.3 Å². The summed E-state index contributed by atoms with van der Waals surface area (Å²) in [6.07, 6.45) is 5.44. The molecule has 1 aromatic rings. The summed E-state index contributed by atoms with van der Waals surface area (Å²) in [4.78, 5) is 0. The number of nitrogens with two attached hydrogens (primary N) is 1. The maximum atomic E-state index is 5.77. The van der Waals surface area contributed by atoms with Gasteiger partial charge < -0.3 is 10.5 Å². The lowest BCUT2D eigenvalue weighted by molar-refractivity contribution is 0.0889. The van der Waals surface area contributed by atoms with Gasteiger partial charge in [-0.1, -0.05) is 36.8 Å². The Morgan fingerprint density at radius 2 is 1.89 bits per heavy atom. The molecular formula is C16H21NO. The van der Waals surface area contributed by atoms with Crippen molar-refractivity contribution in [1.29, 1.82) is 0 Å². The second-order valence-electron chi connectivity index (χ2n) is 4.87. The fraction of sp³-hybridized carbons (Fsp3) is 0.500. The van der Waals surface area contributed by atoms with Crippen molar-refractivity contribution in [3.8, 4) is 11.8 Å². The highest BCUT2D eigenvalue weighted by molar-refractivity contribution is 5.36. The van der Waals surface area contributed by atoms with Gasteiger partial charge in [0.1, 0.15) is 0 Å². The highest BCUT2D eigenvalue weighted by Crippen LogP contribution is 2.24. The van der Waals surface area contributed by atoms with Gasteiger partial charge >= 0.3 is 0 Å². The lowest BCUT2D eigenvalue weighted by atomic mass is 10.1. The second-order valence-corrected chi connectivity index (χ2v) is 4.87. The molecule has 0 atom stereocenters. The van der Waals surface area contributed by atoms with Crippen molar-refractivity contribution >= 4 is 0 Å². The number of rotatable bonds is 4. The third-order valence-corrected chi connectivity index (χ3v) is 3.39.